The molecule has 0 saturated heterocycles. The maximum atomic E-state index is 13.5. The molecule has 0 radical (unpaired) electrons. The second kappa shape index (κ2) is 9.58. The Hall–Kier alpha value is -3.13. The van der Waals surface area contributed by atoms with Gasteiger partial charge in [0.25, 0.3) is 5.91 Å². The first-order chi connectivity index (χ1) is 14.4. The quantitative estimate of drug-likeness (QED) is 0.361. The van der Waals surface area contributed by atoms with Gasteiger partial charge in [-0.3, -0.25) is 4.79 Å². The molecule has 0 atom stereocenters. The van der Waals surface area contributed by atoms with Crippen LogP contribution in [0.5, 0.6) is 0 Å². The molecule has 0 fully saturated rings. The molecule has 0 aliphatic heterocycles. The number of hydrogen-bond acceptors (Lipinski definition) is 2. The summed E-state index contributed by atoms with van der Waals surface area (Å²) >= 11 is 12.2. The van der Waals surface area contributed by atoms with Crippen LogP contribution in [0.2, 0.25) is 10.0 Å². The number of aryl methyl sites for hydroxylation is 1. The van der Waals surface area contributed by atoms with Gasteiger partial charge in [0, 0.05) is 15.7 Å². The van der Waals surface area contributed by atoms with Gasteiger partial charge in [0.2, 0.25) is 0 Å². The van der Waals surface area contributed by atoms with E-state index in [1.54, 1.807) is 42.5 Å². The molecule has 3 aromatic carbocycles. The van der Waals surface area contributed by atoms with Crippen LogP contribution in [0.15, 0.2) is 66.2 Å². The maximum Gasteiger partial charge on any atom is 0.266 e. The third kappa shape index (κ3) is 5.48. The molecule has 0 bridgehead atoms. The lowest BCUT2D eigenvalue weighted by molar-refractivity contribution is -0.112. The summed E-state index contributed by atoms with van der Waals surface area (Å²) in [5.74, 6) is -0.887. The highest BCUT2D eigenvalue weighted by Gasteiger charge is 2.12. The van der Waals surface area contributed by atoms with Gasteiger partial charge < -0.3 is 5.32 Å². The largest absolute Gasteiger partial charge is 0.321 e. The van der Waals surface area contributed by atoms with Crippen molar-refractivity contribution in [2.75, 3.05) is 5.32 Å². The summed E-state index contributed by atoms with van der Waals surface area (Å²) in [5, 5.41) is 13.2. The number of amides is 1. The Morgan fingerprint density at radius 1 is 1.13 bits per heavy atom. The van der Waals surface area contributed by atoms with Crippen molar-refractivity contribution in [1.29, 1.82) is 5.26 Å². The highest BCUT2D eigenvalue weighted by Crippen LogP contribution is 2.24. The first kappa shape index (κ1) is 21.6. The monoisotopic (exact) mass is 438 g/mol. The van der Waals surface area contributed by atoms with E-state index in [-0.39, 0.29) is 11.4 Å². The highest BCUT2D eigenvalue weighted by atomic mass is 35.5. The van der Waals surface area contributed by atoms with Crippen LogP contribution in [-0.2, 0) is 11.2 Å². The van der Waals surface area contributed by atoms with E-state index in [2.05, 4.69) is 5.32 Å². The summed E-state index contributed by atoms with van der Waals surface area (Å²) in [6.45, 7) is 1.85. The number of nitrogens with one attached hydrogen (secondary N) is 1. The zero-order valence-electron chi connectivity index (χ0n) is 16.0. The lowest BCUT2D eigenvalue weighted by atomic mass is 9.98. The number of benzene rings is 3. The lowest BCUT2D eigenvalue weighted by Gasteiger charge is -2.09. The SMILES string of the molecule is Cc1ccc(NC(=O)/C(C#N)=C/c2cc(Cl)ccc2Cc2cccc(F)c2)cc1Cl. The van der Waals surface area contributed by atoms with Gasteiger partial charge in [0.1, 0.15) is 17.5 Å². The van der Waals surface area contributed by atoms with Gasteiger partial charge in [-0.15, -0.1) is 0 Å². The average molecular weight is 439 g/mol. The zero-order valence-corrected chi connectivity index (χ0v) is 17.6. The fourth-order valence-electron chi connectivity index (χ4n) is 2.90. The predicted molar refractivity (Wildman–Crippen MR) is 119 cm³/mol. The molecule has 1 N–H and O–H groups in total. The van der Waals surface area contributed by atoms with Crippen LogP contribution in [-0.4, -0.2) is 5.91 Å². The third-order valence-corrected chi connectivity index (χ3v) is 5.13. The minimum Gasteiger partial charge on any atom is -0.321 e. The molecular formula is C24H17Cl2FN2O. The topological polar surface area (TPSA) is 52.9 Å². The summed E-state index contributed by atoms with van der Waals surface area (Å²) in [6.07, 6.45) is 1.90. The molecule has 0 spiro atoms. The highest BCUT2D eigenvalue weighted by molar-refractivity contribution is 6.31. The Kier molecular flexibility index (Phi) is 6.89. The molecule has 3 nitrogen and oxygen atoms in total. The Labute approximate surface area is 184 Å². The van der Waals surface area contributed by atoms with Crippen LogP contribution in [0.25, 0.3) is 6.08 Å². The van der Waals surface area contributed by atoms with E-state index in [0.717, 1.165) is 16.7 Å². The average Bonchev–Trinajstić information content (AvgIpc) is 2.70. The van der Waals surface area contributed by atoms with Crippen LogP contribution in [0.1, 0.15) is 22.3 Å². The summed E-state index contributed by atoms with van der Waals surface area (Å²) in [7, 11) is 0. The summed E-state index contributed by atoms with van der Waals surface area (Å²) < 4.78 is 13.5. The molecule has 150 valence electrons. The van der Waals surface area contributed by atoms with Gasteiger partial charge >= 0.3 is 0 Å². The van der Waals surface area contributed by atoms with Gasteiger partial charge in [-0.1, -0.05) is 47.5 Å². The Morgan fingerprint density at radius 3 is 2.63 bits per heavy atom. The number of nitriles is 1. The minimum absolute atomic E-state index is 0.0885. The van der Waals surface area contributed by atoms with Gasteiger partial charge in [-0.05, 0) is 78.1 Å². The van der Waals surface area contributed by atoms with E-state index in [1.807, 2.05) is 19.1 Å². The molecule has 0 heterocycles. The molecule has 3 aromatic rings. The van der Waals surface area contributed by atoms with E-state index in [1.165, 1.54) is 18.2 Å². The van der Waals surface area contributed by atoms with Crippen molar-refractivity contribution in [3.8, 4) is 6.07 Å². The normalized spacial score (nSPS) is 11.1. The standard InChI is InChI=1S/C24H17Cl2FN2O/c1-15-5-8-22(13-23(15)26)29-24(30)19(14-28)11-18-12-20(25)7-6-17(18)9-16-3-2-4-21(27)10-16/h2-8,10-13H,9H2,1H3,(H,29,30)/b19-11+. The molecular weight excluding hydrogens is 422 g/mol. The Balaban J connectivity index is 1.90. The molecule has 1 amide bonds. The van der Waals surface area contributed by atoms with Crippen molar-refractivity contribution in [3.63, 3.8) is 0 Å². The van der Waals surface area contributed by atoms with E-state index >= 15 is 0 Å². The molecule has 0 aliphatic carbocycles. The molecule has 3 rings (SSSR count). The van der Waals surface area contributed by atoms with Crippen molar-refractivity contribution < 1.29 is 9.18 Å². The van der Waals surface area contributed by atoms with Gasteiger partial charge in [-0.2, -0.15) is 5.26 Å². The lowest BCUT2D eigenvalue weighted by Crippen LogP contribution is -2.13. The zero-order chi connectivity index (χ0) is 21.7. The van der Waals surface area contributed by atoms with Crippen molar-refractivity contribution in [2.24, 2.45) is 0 Å². The number of carbonyl (C=O) groups excluding carboxylic acids is 1. The predicted octanol–water partition coefficient (Wildman–Crippen LogP) is 6.58. The smallest absolute Gasteiger partial charge is 0.266 e. The van der Waals surface area contributed by atoms with Gasteiger partial charge in [0.05, 0.1) is 0 Å². The second-order valence-corrected chi connectivity index (χ2v) is 7.58. The summed E-state index contributed by atoms with van der Waals surface area (Å²) in [5.41, 5.74) is 3.47. The van der Waals surface area contributed by atoms with Crippen LogP contribution in [0, 0.1) is 24.1 Å². The number of carbonyl (C=O) groups is 1. The third-order valence-electron chi connectivity index (χ3n) is 4.49. The van der Waals surface area contributed by atoms with Gasteiger partial charge in [-0.25, -0.2) is 4.39 Å². The first-order valence-corrected chi connectivity index (χ1v) is 9.83. The number of nitrogens with zero attached hydrogens (tertiary/aromatic N) is 1. The summed E-state index contributed by atoms with van der Waals surface area (Å²) in [4.78, 5) is 12.6. The number of halogens is 3. The number of rotatable bonds is 5. The molecule has 0 saturated carbocycles. The molecule has 0 unspecified atom stereocenters. The van der Waals surface area contributed by atoms with Crippen molar-refractivity contribution in [2.45, 2.75) is 13.3 Å². The van der Waals surface area contributed by atoms with Crippen molar-refractivity contribution in [3.05, 3.63) is 104 Å². The molecule has 6 heteroatoms. The summed E-state index contributed by atoms with van der Waals surface area (Å²) in [6, 6.07) is 18.5. The Morgan fingerprint density at radius 2 is 1.93 bits per heavy atom. The fraction of sp³-hybridized carbons (Fsp3) is 0.0833. The molecule has 0 aromatic heterocycles. The van der Waals surface area contributed by atoms with Crippen LogP contribution >= 0.6 is 23.2 Å². The van der Waals surface area contributed by atoms with E-state index < -0.39 is 5.91 Å². The van der Waals surface area contributed by atoms with Crippen LogP contribution in [0.4, 0.5) is 10.1 Å². The van der Waals surface area contributed by atoms with Crippen molar-refractivity contribution >= 4 is 40.9 Å². The molecule has 30 heavy (non-hydrogen) atoms. The Bertz CT molecular complexity index is 1180. The van der Waals surface area contributed by atoms with Gasteiger partial charge in [0.15, 0.2) is 0 Å². The van der Waals surface area contributed by atoms with E-state index in [9.17, 15) is 14.4 Å². The maximum absolute atomic E-state index is 13.5. The minimum atomic E-state index is -0.561. The number of anilines is 1. The van der Waals surface area contributed by atoms with Crippen LogP contribution in [0.3, 0.4) is 0 Å². The first-order valence-electron chi connectivity index (χ1n) is 9.08. The molecule has 0 aliphatic rings. The number of hydrogen-bond donors (Lipinski definition) is 1. The fourth-order valence-corrected chi connectivity index (χ4v) is 3.26. The second-order valence-electron chi connectivity index (χ2n) is 6.74. The van der Waals surface area contributed by atoms with Crippen molar-refractivity contribution in [1.82, 2.24) is 0 Å². The van der Waals surface area contributed by atoms with E-state index in [4.69, 9.17) is 23.2 Å². The van der Waals surface area contributed by atoms with E-state index in [0.29, 0.717) is 27.7 Å². The van der Waals surface area contributed by atoms with Crippen LogP contribution < -0.4 is 5.32 Å².